The predicted molar refractivity (Wildman–Crippen MR) is 85.9 cm³/mol. The molecule has 0 rings (SSSR count). The first-order valence-electron chi connectivity index (χ1n) is 5.88. The Balaban J connectivity index is -0.0000000343. The number of carbonyl (C=O) groups excluding carboxylic acids is 2. The van der Waals surface area contributed by atoms with Crippen LogP contribution in [0.1, 0.15) is 51.8 Å². The molecule has 0 atom stereocenters. The van der Waals surface area contributed by atoms with Crippen LogP contribution in [0.15, 0.2) is 0 Å². The van der Waals surface area contributed by atoms with Crippen molar-refractivity contribution in [1.82, 2.24) is 0 Å². The lowest BCUT2D eigenvalue weighted by molar-refractivity contribution is -0.315. The Kier molecular flexibility index (Phi) is 20.6. The second-order valence-corrected chi connectivity index (χ2v) is 5.37. The average Bonchev–Trinajstić information content (AvgIpc) is 2.12. The van der Waals surface area contributed by atoms with Crippen molar-refractivity contribution in [2.75, 3.05) is 0 Å². The minimum Gasteiger partial charge on any atom is -0.550 e. The summed E-state index contributed by atoms with van der Waals surface area (Å²) in [6.45, 7) is 14.8. The number of carbonyl (C=O) groups is 4. The van der Waals surface area contributed by atoms with Crippen LogP contribution in [0.25, 0.3) is 0 Å². The van der Waals surface area contributed by atoms with Crippen LogP contribution in [0.4, 0.5) is 0 Å². The minimum absolute atomic E-state index is 0. The fourth-order valence-corrected chi connectivity index (χ4v) is 0. The van der Waals surface area contributed by atoms with Gasteiger partial charge in [-0.1, -0.05) is 7.43 Å². The zero-order valence-corrected chi connectivity index (χ0v) is 13.8. The van der Waals surface area contributed by atoms with Crippen molar-refractivity contribution in [3.63, 3.8) is 0 Å². The largest absolute Gasteiger partial charge is 0.550 e. The van der Waals surface area contributed by atoms with Gasteiger partial charge in [-0.25, -0.2) is 4.79 Å². The maximum absolute atomic E-state index is 9.96. The van der Waals surface area contributed by atoms with Crippen molar-refractivity contribution in [2.24, 2.45) is 10.8 Å². The molecule has 0 aromatic carbocycles. The Morgan fingerprint density at radius 3 is 0.957 bits per heavy atom. The van der Waals surface area contributed by atoms with E-state index >= 15 is 0 Å². The Hall–Kier alpha value is -2.38. The van der Waals surface area contributed by atoms with Crippen LogP contribution in [0.3, 0.4) is 0 Å². The van der Waals surface area contributed by atoms with Gasteiger partial charge in [-0.15, -0.1) is 0 Å². The summed E-state index contributed by atoms with van der Waals surface area (Å²) in [5.41, 5.74) is -1.78. The van der Waals surface area contributed by atoms with Gasteiger partial charge in [-0.3, -0.25) is 4.79 Å². The first-order valence-corrected chi connectivity index (χ1v) is 5.88. The van der Waals surface area contributed by atoms with Crippen LogP contribution >= 0.6 is 0 Å². The van der Waals surface area contributed by atoms with Crippen LogP contribution < -0.4 is 10.2 Å². The third-order valence-corrected chi connectivity index (χ3v) is 1.13. The van der Waals surface area contributed by atoms with Gasteiger partial charge in [0, 0.05) is 15.7 Å². The van der Waals surface area contributed by atoms with Crippen molar-refractivity contribution < 1.29 is 42.5 Å². The van der Waals surface area contributed by atoms with Crippen molar-refractivity contribution in [3.8, 4) is 0 Å². The first kappa shape index (κ1) is 32.5. The van der Waals surface area contributed by atoms with Crippen LogP contribution in [0.2, 0.25) is 0 Å². The van der Waals surface area contributed by atoms with Crippen molar-refractivity contribution >= 4 is 23.9 Å². The lowest BCUT2D eigenvalue weighted by Gasteiger charge is -2.10. The molecule has 2 N–H and O–H groups in total. The highest BCUT2D eigenvalue weighted by molar-refractivity contribution is 5.74. The number of carboxylic acid groups (broad SMARTS) is 4. The summed E-state index contributed by atoms with van der Waals surface area (Å²) in [4.78, 5) is 37.7. The number of hydrogen-bond acceptors (Lipinski definition) is 6. The Bertz CT molecular complexity index is 325. The van der Waals surface area contributed by atoms with E-state index in [1.165, 1.54) is 13.8 Å². The molecule has 8 nitrogen and oxygen atoms in total. The third-order valence-electron chi connectivity index (χ3n) is 1.13. The van der Waals surface area contributed by atoms with E-state index in [1.54, 1.807) is 13.8 Å². The van der Waals surface area contributed by atoms with Gasteiger partial charge in [0.1, 0.15) is 5.41 Å². The number of aliphatic carboxylic acids is 4. The summed E-state index contributed by atoms with van der Waals surface area (Å²) < 4.78 is 0. The molecule has 0 aliphatic rings. The number of hydrogen-bond donors (Lipinski definition) is 2. The van der Waals surface area contributed by atoms with E-state index < -0.39 is 34.7 Å². The first-order chi connectivity index (χ1) is 9.35. The van der Waals surface area contributed by atoms with Gasteiger partial charge < -0.3 is 30.0 Å². The second-order valence-electron chi connectivity index (χ2n) is 5.37. The summed E-state index contributed by atoms with van der Waals surface area (Å²) in [5, 5.41) is 34.3. The molecule has 8 heteroatoms. The van der Waals surface area contributed by atoms with Crippen molar-refractivity contribution in [1.29, 1.82) is 0 Å². The normalized spacial score (nSPS) is 8.96. The fourth-order valence-electron chi connectivity index (χ4n) is 0. The van der Waals surface area contributed by atoms with E-state index in [-0.39, 0.29) is 10.3 Å². The Morgan fingerprint density at radius 2 is 0.957 bits per heavy atom. The molecule has 23 heavy (non-hydrogen) atoms. The van der Waals surface area contributed by atoms with Crippen molar-refractivity contribution in [2.45, 2.75) is 49.0 Å². The van der Waals surface area contributed by atoms with Gasteiger partial charge in [0.05, 0.1) is 19.8 Å². The van der Waals surface area contributed by atoms with Crippen LogP contribution in [0.5, 0.6) is 0 Å². The molecule has 0 spiro atoms. The lowest BCUT2D eigenvalue weighted by atomic mass is 9.98. The predicted octanol–water partition coefficient (Wildman–Crippen LogP) is 0.503. The molecule has 0 heterocycles. The van der Waals surface area contributed by atoms with Gasteiger partial charge >= 0.3 is 5.97 Å². The molecule has 0 amide bonds. The Morgan fingerprint density at radius 1 is 0.870 bits per heavy atom. The summed E-state index contributed by atoms with van der Waals surface area (Å²) in [7, 11) is 0. The summed E-state index contributed by atoms with van der Waals surface area (Å²) in [5.74, 6) is -3.90. The fraction of sp³-hybridized carbons (Fsp3) is 0.600. The highest BCUT2D eigenvalue weighted by atomic mass is 16.4. The molecule has 0 aliphatic carbocycles. The molecular weight excluding hydrogens is 308 g/mol. The van der Waals surface area contributed by atoms with Gasteiger partial charge in [0.15, 0.2) is 5.41 Å². The SMILES string of the molecule is C.CC(=O)O.CC(=O)[O-].[CH2+]C(C)(C)C(=O)O.[CH2+]C(C)(C)C(=O)[O-].[HH].[HH]. The minimum atomic E-state index is -1.12. The van der Waals surface area contributed by atoms with E-state index in [9.17, 15) is 14.7 Å². The molecule has 0 aromatic rings. The molecule has 0 unspecified atom stereocenters. The molecule has 0 aromatic heterocycles. The molecule has 0 bridgehead atoms. The molecule has 0 fully saturated rings. The molecule has 140 valence electrons. The van der Waals surface area contributed by atoms with Crippen LogP contribution in [-0.2, 0) is 19.2 Å². The van der Waals surface area contributed by atoms with Gasteiger partial charge in [-0.2, -0.15) is 0 Å². The second kappa shape index (κ2) is 14.6. The number of carboxylic acids is 4. The summed E-state index contributed by atoms with van der Waals surface area (Å²) >= 11 is 0. The molecule has 0 radical (unpaired) electrons. The molecule has 0 saturated carbocycles. The highest BCUT2D eigenvalue weighted by Crippen LogP contribution is 2.10. The topological polar surface area (TPSA) is 155 Å². The zero-order valence-electron chi connectivity index (χ0n) is 13.8. The zero-order chi connectivity index (χ0) is 19.3. The third kappa shape index (κ3) is 65.8. The van der Waals surface area contributed by atoms with E-state index in [2.05, 4.69) is 13.8 Å². The van der Waals surface area contributed by atoms with E-state index in [4.69, 9.17) is 24.9 Å². The number of rotatable bonds is 2. The van der Waals surface area contributed by atoms with Crippen LogP contribution in [-0.4, -0.2) is 34.1 Å². The van der Waals surface area contributed by atoms with E-state index in [1.807, 2.05) is 0 Å². The molecule has 0 aliphatic heterocycles. The standard InChI is InChI=1S/2C5H8O2.2C2H4O2.CH4.2H2/c2*1-5(2,3)4(6)7;2*1-2(3)4;;;/h2*1H2,2-3H3;2*1H3,(H,3,4);1H4;2*1H. The van der Waals surface area contributed by atoms with Crippen molar-refractivity contribution in [3.05, 3.63) is 13.8 Å². The highest BCUT2D eigenvalue weighted by Gasteiger charge is 2.27. The Labute approximate surface area is 141 Å². The van der Waals surface area contributed by atoms with Gasteiger partial charge in [-0.05, 0) is 34.6 Å². The summed E-state index contributed by atoms with van der Waals surface area (Å²) in [6.07, 6.45) is 0. The quantitative estimate of drug-likeness (QED) is 0.688. The summed E-state index contributed by atoms with van der Waals surface area (Å²) in [6, 6.07) is 0. The smallest absolute Gasteiger partial charge is 0.354 e. The molecular formula is C15H32O8. The lowest BCUT2D eigenvalue weighted by Crippen LogP contribution is -2.35. The van der Waals surface area contributed by atoms with E-state index in [0.717, 1.165) is 13.8 Å². The van der Waals surface area contributed by atoms with Gasteiger partial charge in [0.2, 0.25) is 0 Å². The van der Waals surface area contributed by atoms with Crippen LogP contribution in [0, 0.1) is 24.7 Å². The maximum atomic E-state index is 9.96. The average molecular weight is 340 g/mol. The molecule has 0 saturated heterocycles. The van der Waals surface area contributed by atoms with E-state index in [0.29, 0.717) is 0 Å². The van der Waals surface area contributed by atoms with Gasteiger partial charge in [0.25, 0.3) is 5.97 Å². The monoisotopic (exact) mass is 340 g/mol. The maximum Gasteiger partial charge on any atom is 0.354 e.